The van der Waals surface area contributed by atoms with E-state index in [1.165, 1.54) is 32.1 Å². The van der Waals surface area contributed by atoms with Crippen LogP contribution in [-0.4, -0.2) is 22.9 Å². The van der Waals surface area contributed by atoms with Gasteiger partial charge in [-0.2, -0.15) is 0 Å². The third-order valence-corrected chi connectivity index (χ3v) is 5.25. The topological polar surface area (TPSA) is 95.5 Å². The minimum absolute atomic E-state index is 0.188. The Morgan fingerprint density at radius 1 is 0.826 bits per heavy atom. The van der Waals surface area contributed by atoms with E-state index in [9.17, 15) is 19.5 Å². The summed E-state index contributed by atoms with van der Waals surface area (Å²) in [7, 11) is 0. The molecule has 0 aliphatic heterocycles. The Hall–Kier alpha value is -1.59. The number of hydrazine groups is 1. The molecule has 0 bridgehead atoms. The quantitative estimate of drug-likeness (QED) is 0.677. The van der Waals surface area contributed by atoms with Crippen LogP contribution < -0.4 is 10.9 Å². The summed E-state index contributed by atoms with van der Waals surface area (Å²) in [5.41, 5.74) is 4.87. The second-order valence-electron chi connectivity index (χ2n) is 6.92. The van der Waals surface area contributed by atoms with E-state index in [1.807, 2.05) is 0 Å². The van der Waals surface area contributed by atoms with Crippen LogP contribution in [0.25, 0.3) is 0 Å². The van der Waals surface area contributed by atoms with Gasteiger partial charge in [0.05, 0.1) is 11.8 Å². The molecular weight excluding hydrogens is 296 g/mol. The number of amides is 2. The van der Waals surface area contributed by atoms with Gasteiger partial charge in [-0.25, -0.2) is 0 Å². The van der Waals surface area contributed by atoms with Crippen molar-refractivity contribution in [3.05, 3.63) is 0 Å². The molecule has 0 aromatic heterocycles. The lowest BCUT2D eigenvalue weighted by Crippen LogP contribution is -2.47. The number of hydrogen-bond donors (Lipinski definition) is 3. The Bertz CT molecular complexity index is 432. The molecule has 2 aliphatic carbocycles. The van der Waals surface area contributed by atoms with Crippen LogP contribution in [0.5, 0.6) is 0 Å². The highest BCUT2D eigenvalue weighted by atomic mass is 16.4. The van der Waals surface area contributed by atoms with Crippen LogP contribution in [0.2, 0.25) is 0 Å². The molecule has 0 aromatic carbocycles. The summed E-state index contributed by atoms with van der Waals surface area (Å²) in [5.74, 6) is -2.04. The standard InChI is InChI=1S/C17H28N2O4/c20-15(11-10-12-6-2-1-3-7-12)18-19-16(21)13-8-4-5-9-14(13)17(22)23/h12-14H,1-11H2,(H,18,20)(H,19,21)(H,22,23)/t13-,14-/m1/s1. The van der Waals surface area contributed by atoms with Crippen LogP contribution in [0.15, 0.2) is 0 Å². The minimum atomic E-state index is -0.923. The van der Waals surface area contributed by atoms with Crippen molar-refractivity contribution < 1.29 is 19.5 Å². The Kier molecular flexibility index (Phi) is 6.86. The molecule has 130 valence electrons. The number of carbonyl (C=O) groups excluding carboxylic acids is 2. The van der Waals surface area contributed by atoms with Crippen LogP contribution in [0, 0.1) is 17.8 Å². The highest BCUT2D eigenvalue weighted by Crippen LogP contribution is 2.30. The van der Waals surface area contributed by atoms with Crippen molar-refractivity contribution in [1.29, 1.82) is 0 Å². The van der Waals surface area contributed by atoms with Crippen LogP contribution in [0.3, 0.4) is 0 Å². The average Bonchev–Trinajstić information content (AvgIpc) is 2.58. The van der Waals surface area contributed by atoms with E-state index >= 15 is 0 Å². The molecule has 0 radical (unpaired) electrons. The first-order chi connectivity index (χ1) is 11.1. The van der Waals surface area contributed by atoms with Gasteiger partial charge in [0.25, 0.3) is 0 Å². The van der Waals surface area contributed by atoms with Crippen molar-refractivity contribution >= 4 is 17.8 Å². The Morgan fingerprint density at radius 3 is 2.09 bits per heavy atom. The first-order valence-corrected chi connectivity index (χ1v) is 8.89. The summed E-state index contributed by atoms with van der Waals surface area (Å²) < 4.78 is 0. The summed E-state index contributed by atoms with van der Waals surface area (Å²) in [6.45, 7) is 0. The second kappa shape index (κ2) is 8.89. The monoisotopic (exact) mass is 324 g/mol. The van der Waals surface area contributed by atoms with E-state index < -0.39 is 17.8 Å². The Balaban J connectivity index is 1.70. The van der Waals surface area contributed by atoms with Crippen molar-refractivity contribution in [2.75, 3.05) is 0 Å². The smallest absolute Gasteiger partial charge is 0.307 e. The normalized spacial score (nSPS) is 25.6. The molecule has 0 saturated heterocycles. The first kappa shape index (κ1) is 17.8. The fourth-order valence-corrected chi connectivity index (χ4v) is 3.84. The van der Waals surface area contributed by atoms with Gasteiger partial charge in [-0.05, 0) is 25.2 Å². The molecule has 2 amide bonds. The van der Waals surface area contributed by atoms with Crippen LogP contribution >= 0.6 is 0 Å². The molecular formula is C17H28N2O4. The third kappa shape index (κ3) is 5.52. The van der Waals surface area contributed by atoms with Crippen molar-refractivity contribution in [2.45, 2.75) is 70.6 Å². The summed E-state index contributed by atoms with van der Waals surface area (Å²) in [4.78, 5) is 35.2. The third-order valence-electron chi connectivity index (χ3n) is 5.25. The summed E-state index contributed by atoms with van der Waals surface area (Å²) >= 11 is 0. The van der Waals surface area contributed by atoms with E-state index in [0.29, 0.717) is 25.2 Å². The van der Waals surface area contributed by atoms with Gasteiger partial charge < -0.3 is 5.11 Å². The molecule has 6 nitrogen and oxygen atoms in total. The lowest BCUT2D eigenvalue weighted by molar-refractivity contribution is -0.149. The molecule has 2 rings (SSSR count). The molecule has 6 heteroatoms. The molecule has 2 atom stereocenters. The second-order valence-corrected chi connectivity index (χ2v) is 6.92. The van der Waals surface area contributed by atoms with Gasteiger partial charge in [0, 0.05) is 6.42 Å². The minimum Gasteiger partial charge on any atom is -0.481 e. The molecule has 2 aliphatic rings. The SMILES string of the molecule is O=C(CCC1CCCCC1)NNC(=O)[C@@H]1CCCC[C@H]1C(=O)O. The van der Waals surface area contributed by atoms with Crippen molar-refractivity contribution in [3.8, 4) is 0 Å². The zero-order valence-electron chi connectivity index (χ0n) is 13.7. The van der Waals surface area contributed by atoms with E-state index in [2.05, 4.69) is 10.9 Å². The molecule has 0 spiro atoms. The lowest BCUT2D eigenvalue weighted by Gasteiger charge is -2.27. The first-order valence-electron chi connectivity index (χ1n) is 8.89. The molecule has 23 heavy (non-hydrogen) atoms. The van der Waals surface area contributed by atoms with Gasteiger partial charge in [0.15, 0.2) is 0 Å². The number of hydrogen-bond acceptors (Lipinski definition) is 3. The molecule has 0 heterocycles. The largest absolute Gasteiger partial charge is 0.481 e. The van der Waals surface area contributed by atoms with Gasteiger partial charge in [-0.15, -0.1) is 0 Å². The van der Waals surface area contributed by atoms with Gasteiger partial charge in [0.1, 0.15) is 0 Å². The molecule has 0 unspecified atom stereocenters. The average molecular weight is 324 g/mol. The van der Waals surface area contributed by atoms with Crippen molar-refractivity contribution in [1.82, 2.24) is 10.9 Å². The summed E-state index contributed by atoms with van der Waals surface area (Å²) in [6.07, 6.45) is 10.3. The lowest BCUT2D eigenvalue weighted by atomic mass is 9.79. The maximum atomic E-state index is 12.1. The zero-order chi connectivity index (χ0) is 16.7. The van der Waals surface area contributed by atoms with Gasteiger partial charge in [0.2, 0.25) is 11.8 Å². The number of rotatable bonds is 5. The van der Waals surface area contributed by atoms with Gasteiger partial charge in [-0.1, -0.05) is 44.9 Å². The number of nitrogens with one attached hydrogen (secondary N) is 2. The van der Waals surface area contributed by atoms with Crippen LogP contribution in [0.1, 0.15) is 70.6 Å². The Morgan fingerprint density at radius 2 is 1.43 bits per heavy atom. The maximum absolute atomic E-state index is 12.1. The molecule has 2 fully saturated rings. The van der Waals surface area contributed by atoms with E-state index in [-0.39, 0.29) is 11.8 Å². The van der Waals surface area contributed by atoms with E-state index in [1.54, 1.807) is 0 Å². The number of carboxylic acids is 1. The molecule has 3 N–H and O–H groups in total. The predicted octanol–water partition coefficient (Wildman–Crippen LogP) is 2.39. The fourth-order valence-electron chi connectivity index (χ4n) is 3.84. The van der Waals surface area contributed by atoms with Crippen molar-refractivity contribution in [3.63, 3.8) is 0 Å². The Labute approximate surface area is 137 Å². The molecule has 2 saturated carbocycles. The number of aliphatic carboxylic acids is 1. The van der Waals surface area contributed by atoms with Gasteiger partial charge >= 0.3 is 5.97 Å². The number of carbonyl (C=O) groups is 3. The highest BCUT2D eigenvalue weighted by molar-refractivity contribution is 5.87. The van der Waals surface area contributed by atoms with Gasteiger partial charge in [-0.3, -0.25) is 25.2 Å². The summed E-state index contributed by atoms with van der Waals surface area (Å²) in [6, 6.07) is 0. The van der Waals surface area contributed by atoms with E-state index in [4.69, 9.17) is 0 Å². The molecule has 0 aromatic rings. The van der Waals surface area contributed by atoms with Crippen LogP contribution in [-0.2, 0) is 14.4 Å². The van der Waals surface area contributed by atoms with Crippen LogP contribution in [0.4, 0.5) is 0 Å². The predicted molar refractivity (Wildman–Crippen MR) is 85.2 cm³/mol. The van der Waals surface area contributed by atoms with E-state index in [0.717, 1.165) is 19.3 Å². The zero-order valence-corrected chi connectivity index (χ0v) is 13.7. The maximum Gasteiger partial charge on any atom is 0.307 e. The highest BCUT2D eigenvalue weighted by Gasteiger charge is 2.35. The van der Waals surface area contributed by atoms with Crippen molar-refractivity contribution in [2.24, 2.45) is 17.8 Å². The fraction of sp³-hybridized carbons (Fsp3) is 0.824. The number of carboxylic acid groups (broad SMARTS) is 1. The summed E-state index contributed by atoms with van der Waals surface area (Å²) in [5, 5.41) is 9.20.